The summed E-state index contributed by atoms with van der Waals surface area (Å²) >= 11 is 0. The number of hydroxylamine groups is 1. The molecule has 0 saturated heterocycles. The van der Waals surface area contributed by atoms with E-state index in [4.69, 9.17) is 5.21 Å². The van der Waals surface area contributed by atoms with Gasteiger partial charge < -0.3 is 4.74 Å². The highest BCUT2D eigenvalue weighted by Crippen LogP contribution is 1.92. The molecular weight excluding hydrogens is 166 g/mol. The largest absolute Gasteiger partial charge is 0.463 e. The first-order valence-electron chi connectivity index (χ1n) is 3.16. The molecule has 1 amide bonds. The van der Waals surface area contributed by atoms with Crippen LogP contribution < -0.4 is 5.48 Å². The van der Waals surface area contributed by atoms with Crippen LogP contribution in [0.15, 0.2) is 0 Å². The maximum Gasteiger partial charge on any atom is 0.374 e. The van der Waals surface area contributed by atoms with E-state index in [1.54, 1.807) is 0 Å². The van der Waals surface area contributed by atoms with Crippen molar-refractivity contribution < 1.29 is 24.3 Å². The Hall–Kier alpha value is -1.43. The van der Waals surface area contributed by atoms with Gasteiger partial charge in [0.05, 0.1) is 7.11 Å². The molecule has 0 rings (SSSR count). The number of methoxy groups -OCH3 is 1. The standard InChI is InChI=1S/C6H9NO5/c1-12-6(10)4(8)2-3-5(9)7-11/h11H,2-3H2,1H3,(H,7,9). The molecule has 6 nitrogen and oxygen atoms in total. The van der Waals surface area contributed by atoms with Gasteiger partial charge >= 0.3 is 5.97 Å². The number of Topliss-reactive ketones (excluding diaryl/α,β-unsaturated/α-hetero) is 1. The molecule has 2 N–H and O–H groups in total. The molecule has 0 heterocycles. The Balaban J connectivity index is 3.72. The van der Waals surface area contributed by atoms with Gasteiger partial charge in [-0.15, -0.1) is 0 Å². The summed E-state index contributed by atoms with van der Waals surface area (Å²) in [6, 6.07) is 0. The van der Waals surface area contributed by atoms with Crippen molar-refractivity contribution in [3.63, 3.8) is 0 Å². The highest BCUT2D eigenvalue weighted by molar-refractivity contribution is 6.33. The van der Waals surface area contributed by atoms with E-state index in [0.29, 0.717) is 0 Å². The van der Waals surface area contributed by atoms with E-state index in [9.17, 15) is 14.4 Å². The number of nitrogens with one attached hydrogen (secondary N) is 1. The minimum Gasteiger partial charge on any atom is -0.463 e. The van der Waals surface area contributed by atoms with Crippen molar-refractivity contribution in [3.05, 3.63) is 0 Å². The first kappa shape index (κ1) is 10.6. The van der Waals surface area contributed by atoms with Gasteiger partial charge in [-0.25, -0.2) is 10.3 Å². The highest BCUT2D eigenvalue weighted by atomic mass is 16.5. The Morgan fingerprint density at radius 1 is 1.33 bits per heavy atom. The van der Waals surface area contributed by atoms with E-state index in [1.807, 2.05) is 0 Å². The fourth-order valence-corrected chi connectivity index (χ4v) is 0.499. The third-order valence-electron chi connectivity index (χ3n) is 1.12. The lowest BCUT2D eigenvalue weighted by Gasteiger charge is -1.97. The van der Waals surface area contributed by atoms with Gasteiger partial charge in [-0.1, -0.05) is 0 Å². The van der Waals surface area contributed by atoms with Crippen molar-refractivity contribution in [1.82, 2.24) is 5.48 Å². The zero-order valence-electron chi connectivity index (χ0n) is 6.49. The molecule has 68 valence electrons. The predicted molar refractivity (Wildman–Crippen MR) is 36.2 cm³/mol. The predicted octanol–water partition coefficient (Wildman–Crippen LogP) is -0.986. The summed E-state index contributed by atoms with van der Waals surface area (Å²) in [7, 11) is 1.08. The maximum atomic E-state index is 10.7. The number of esters is 1. The van der Waals surface area contributed by atoms with Crippen molar-refractivity contribution in [2.75, 3.05) is 7.11 Å². The Morgan fingerprint density at radius 3 is 2.33 bits per heavy atom. The van der Waals surface area contributed by atoms with Gasteiger partial charge in [-0.2, -0.15) is 0 Å². The van der Waals surface area contributed by atoms with Gasteiger partial charge in [0.2, 0.25) is 11.7 Å². The molecule has 0 radical (unpaired) electrons. The minimum absolute atomic E-state index is 0.232. The first-order chi connectivity index (χ1) is 5.61. The van der Waals surface area contributed by atoms with Gasteiger partial charge in [-0.3, -0.25) is 14.8 Å². The second-order valence-electron chi connectivity index (χ2n) is 1.95. The van der Waals surface area contributed by atoms with Crippen LogP contribution >= 0.6 is 0 Å². The second kappa shape index (κ2) is 5.25. The summed E-state index contributed by atoms with van der Waals surface area (Å²) < 4.78 is 4.10. The molecule has 0 bridgehead atoms. The number of ether oxygens (including phenoxy) is 1. The number of hydrogen-bond acceptors (Lipinski definition) is 5. The molecule has 0 aromatic heterocycles. The van der Waals surface area contributed by atoms with Crippen LogP contribution in [0.3, 0.4) is 0 Å². The van der Waals surface area contributed by atoms with Crippen molar-refractivity contribution >= 4 is 17.7 Å². The topological polar surface area (TPSA) is 92.7 Å². The lowest BCUT2D eigenvalue weighted by Crippen LogP contribution is -2.22. The summed E-state index contributed by atoms with van der Waals surface area (Å²) in [5.74, 6) is -2.49. The van der Waals surface area contributed by atoms with E-state index < -0.39 is 17.7 Å². The van der Waals surface area contributed by atoms with Gasteiger partial charge in [-0.05, 0) is 0 Å². The first-order valence-corrected chi connectivity index (χ1v) is 3.16. The molecule has 0 fully saturated rings. The zero-order chi connectivity index (χ0) is 9.56. The van der Waals surface area contributed by atoms with E-state index in [1.165, 1.54) is 5.48 Å². The Morgan fingerprint density at radius 2 is 1.92 bits per heavy atom. The maximum absolute atomic E-state index is 10.7. The fraction of sp³-hybridized carbons (Fsp3) is 0.500. The summed E-state index contributed by atoms with van der Waals surface area (Å²) in [6.07, 6.45) is -0.497. The molecule has 0 spiro atoms. The summed E-state index contributed by atoms with van der Waals surface area (Å²) in [5.41, 5.74) is 1.33. The van der Waals surface area contributed by atoms with Crippen LogP contribution in [0.5, 0.6) is 0 Å². The lowest BCUT2D eigenvalue weighted by atomic mass is 10.2. The molecule has 0 aliphatic rings. The summed E-state index contributed by atoms with van der Waals surface area (Å²) in [5, 5.41) is 8.02. The number of hydrogen-bond donors (Lipinski definition) is 2. The monoisotopic (exact) mass is 175 g/mol. The van der Waals surface area contributed by atoms with Crippen LogP contribution in [0, 0.1) is 0 Å². The number of carbonyl (C=O) groups excluding carboxylic acids is 3. The number of rotatable bonds is 4. The van der Waals surface area contributed by atoms with Crippen molar-refractivity contribution in [1.29, 1.82) is 0 Å². The molecule has 0 aromatic carbocycles. The molecule has 0 unspecified atom stereocenters. The average Bonchev–Trinajstić information content (AvgIpc) is 2.11. The van der Waals surface area contributed by atoms with Crippen LogP contribution in [-0.2, 0) is 19.1 Å². The zero-order valence-corrected chi connectivity index (χ0v) is 6.49. The van der Waals surface area contributed by atoms with Crippen LogP contribution in [0.2, 0.25) is 0 Å². The quantitative estimate of drug-likeness (QED) is 0.248. The number of carbonyl (C=O) groups is 3. The van der Waals surface area contributed by atoms with Crippen molar-refractivity contribution in [2.45, 2.75) is 12.8 Å². The van der Waals surface area contributed by atoms with E-state index in [2.05, 4.69) is 4.74 Å². The molecule has 6 heteroatoms. The molecule has 0 aliphatic carbocycles. The second-order valence-corrected chi connectivity index (χ2v) is 1.95. The van der Waals surface area contributed by atoms with E-state index >= 15 is 0 Å². The van der Waals surface area contributed by atoms with Crippen LogP contribution in [0.1, 0.15) is 12.8 Å². The van der Waals surface area contributed by atoms with Crippen LogP contribution in [-0.4, -0.2) is 30.0 Å². The SMILES string of the molecule is COC(=O)C(=O)CCC(=O)NO. The third-order valence-corrected chi connectivity index (χ3v) is 1.12. The van der Waals surface area contributed by atoms with Gasteiger partial charge in [0.15, 0.2) is 0 Å². The molecule has 0 atom stereocenters. The summed E-state index contributed by atoms with van der Waals surface area (Å²) in [6.45, 7) is 0. The van der Waals surface area contributed by atoms with Crippen LogP contribution in [0.25, 0.3) is 0 Å². The molecule has 0 aliphatic heterocycles. The van der Waals surface area contributed by atoms with E-state index in [0.717, 1.165) is 7.11 Å². The normalized spacial score (nSPS) is 8.83. The molecule has 0 saturated carbocycles. The van der Waals surface area contributed by atoms with Crippen molar-refractivity contribution in [3.8, 4) is 0 Å². The summed E-state index contributed by atoms with van der Waals surface area (Å²) in [4.78, 5) is 31.5. The van der Waals surface area contributed by atoms with Gasteiger partial charge in [0.1, 0.15) is 0 Å². The molecule has 12 heavy (non-hydrogen) atoms. The average molecular weight is 175 g/mol. The Labute approximate surface area is 68.5 Å². The smallest absolute Gasteiger partial charge is 0.374 e. The van der Waals surface area contributed by atoms with Gasteiger partial charge in [0, 0.05) is 12.8 Å². The minimum atomic E-state index is -0.985. The number of ketones is 1. The van der Waals surface area contributed by atoms with Gasteiger partial charge in [0.25, 0.3) is 0 Å². The molecule has 0 aromatic rings. The number of amides is 1. The highest BCUT2D eigenvalue weighted by Gasteiger charge is 2.14. The molecular formula is C6H9NO5. The van der Waals surface area contributed by atoms with Crippen molar-refractivity contribution in [2.24, 2.45) is 0 Å². The Kier molecular flexibility index (Phi) is 4.62. The Bertz CT molecular complexity index is 200. The third kappa shape index (κ3) is 3.67. The fourth-order valence-electron chi connectivity index (χ4n) is 0.499. The lowest BCUT2D eigenvalue weighted by molar-refractivity contribution is -0.152. The van der Waals surface area contributed by atoms with E-state index in [-0.39, 0.29) is 12.8 Å². The van der Waals surface area contributed by atoms with Crippen LogP contribution in [0.4, 0.5) is 0 Å².